The fraction of sp³-hybridized carbons (Fsp3) is 0.818. The summed E-state index contributed by atoms with van der Waals surface area (Å²) in [7, 11) is 0. The van der Waals surface area contributed by atoms with E-state index in [9.17, 15) is 0 Å². The molecular formula is C11H19N3O. The van der Waals surface area contributed by atoms with Crippen molar-refractivity contribution >= 4 is 0 Å². The minimum Gasteiger partial charge on any atom is -0.388 e. The molecule has 15 heavy (non-hydrogen) atoms. The van der Waals surface area contributed by atoms with Gasteiger partial charge in [-0.1, -0.05) is 19.8 Å². The summed E-state index contributed by atoms with van der Waals surface area (Å²) < 4.78 is 2.01. The van der Waals surface area contributed by atoms with Gasteiger partial charge in [0.1, 0.15) is 12.9 Å². The maximum Gasteiger partial charge on any atom is 0.158 e. The average molecular weight is 209 g/mol. The molecule has 84 valence electrons. The van der Waals surface area contributed by atoms with E-state index in [-0.39, 0.29) is 6.61 Å². The van der Waals surface area contributed by atoms with Crippen LogP contribution in [0.5, 0.6) is 0 Å². The first-order valence-electron chi connectivity index (χ1n) is 5.77. The third-order valence-electron chi connectivity index (χ3n) is 3.76. The molecule has 1 heterocycles. The Hall–Kier alpha value is -0.900. The Labute approximate surface area is 90.3 Å². The van der Waals surface area contributed by atoms with Crippen molar-refractivity contribution in [1.29, 1.82) is 0 Å². The minimum absolute atomic E-state index is 0.0141. The minimum atomic E-state index is -0.0141. The van der Waals surface area contributed by atoms with Crippen LogP contribution in [-0.2, 0) is 13.2 Å². The van der Waals surface area contributed by atoms with Crippen LogP contribution in [0.15, 0.2) is 6.33 Å². The van der Waals surface area contributed by atoms with Crippen molar-refractivity contribution in [3.63, 3.8) is 0 Å². The van der Waals surface area contributed by atoms with Gasteiger partial charge in [0.25, 0.3) is 0 Å². The topological polar surface area (TPSA) is 50.9 Å². The molecule has 4 heteroatoms. The highest BCUT2D eigenvalue weighted by atomic mass is 16.3. The Kier molecular flexibility index (Phi) is 3.05. The number of hydrogen-bond donors (Lipinski definition) is 1. The largest absolute Gasteiger partial charge is 0.388 e. The van der Waals surface area contributed by atoms with Crippen LogP contribution in [-0.4, -0.2) is 19.9 Å². The number of aromatic nitrogens is 3. The zero-order valence-electron chi connectivity index (χ0n) is 9.32. The van der Waals surface area contributed by atoms with Crippen molar-refractivity contribution in [2.24, 2.45) is 5.41 Å². The molecule has 0 unspecified atom stereocenters. The van der Waals surface area contributed by atoms with E-state index in [1.54, 1.807) is 6.33 Å². The molecule has 1 aliphatic carbocycles. The zero-order valence-corrected chi connectivity index (χ0v) is 9.32. The van der Waals surface area contributed by atoms with Crippen LogP contribution in [0.2, 0.25) is 0 Å². The normalized spacial score (nSPS) is 19.6. The molecule has 0 radical (unpaired) electrons. The van der Waals surface area contributed by atoms with Crippen molar-refractivity contribution < 1.29 is 5.11 Å². The van der Waals surface area contributed by atoms with Crippen LogP contribution < -0.4 is 0 Å². The van der Waals surface area contributed by atoms with E-state index in [0.29, 0.717) is 11.2 Å². The quantitative estimate of drug-likeness (QED) is 0.821. The van der Waals surface area contributed by atoms with Gasteiger partial charge in [-0.3, -0.25) is 0 Å². The van der Waals surface area contributed by atoms with E-state index in [2.05, 4.69) is 17.1 Å². The molecule has 0 bridgehead atoms. The van der Waals surface area contributed by atoms with Gasteiger partial charge in [-0.15, -0.1) is 10.2 Å². The molecule has 1 N–H and O–H groups in total. The van der Waals surface area contributed by atoms with Gasteiger partial charge in [-0.05, 0) is 24.7 Å². The molecule has 1 fully saturated rings. The van der Waals surface area contributed by atoms with E-state index in [1.807, 2.05) is 4.57 Å². The Balaban J connectivity index is 2.12. The Morgan fingerprint density at radius 3 is 2.80 bits per heavy atom. The molecule has 0 aromatic carbocycles. The van der Waals surface area contributed by atoms with Gasteiger partial charge >= 0.3 is 0 Å². The van der Waals surface area contributed by atoms with Crippen LogP contribution >= 0.6 is 0 Å². The van der Waals surface area contributed by atoms with E-state index < -0.39 is 0 Å². The van der Waals surface area contributed by atoms with Crippen LogP contribution in [0, 0.1) is 5.41 Å². The lowest BCUT2D eigenvalue weighted by Gasteiger charge is -2.28. The highest BCUT2D eigenvalue weighted by Crippen LogP contribution is 2.42. The van der Waals surface area contributed by atoms with Crippen LogP contribution in [0.4, 0.5) is 0 Å². The van der Waals surface area contributed by atoms with Gasteiger partial charge in [0, 0.05) is 6.54 Å². The molecular weight excluding hydrogens is 190 g/mol. The SMILES string of the molecule is CCC1(Cn2cnnc2CO)CCCC1. The zero-order chi connectivity index (χ0) is 10.7. The number of nitrogens with zero attached hydrogens (tertiary/aromatic N) is 3. The molecule has 1 saturated carbocycles. The van der Waals surface area contributed by atoms with Crippen molar-refractivity contribution in [2.75, 3.05) is 0 Å². The highest BCUT2D eigenvalue weighted by molar-refractivity contribution is 4.89. The third-order valence-corrected chi connectivity index (χ3v) is 3.76. The van der Waals surface area contributed by atoms with E-state index in [4.69, 9.17) is 5.11 Å². The van der Waals surface area contributed by atoms with Gasteiger partial charge in [0.15, 0.2) is 5.82 Å². The van der Waals surface area contributed by atoms with Crippen LogP contribution in [0.1, 0.15) is 44.9 Å². The lowest BCUT2D eigenvalue weighted by atomic mass is 9.83. The maximum absolute atomic E-state index is 9.11. The van der Waals surface area contributed by atoms with Crippen molar-refractivity contribution in [1.82, 2.24) is 14.8 Å². The van der Waals surface area contributed by atoms with Gasteiger partial charge in [0.2, 0.25) is 0 Å². The number of hydrogen-bond acceptors (Lipinski definition) is 3. The predicted molar refractivity (Wildman–Crippen MR) is 57.1 cm³/mol. The molecule has 0 amide bonds. The fourth-order valence-electron chi connectivity index (χ4n) is 2.64. The second-order valence-electron chi connectivity index (χ2n) is 4.59. The highest BCUT2D eigenvalue weighted by Gasteiger charge is 2.32. The van der Waals surface area contributed by atoms with E-state index >= 15 is 0 Å². The van der Waals surface area contributed by atoms with E-state index in [1.165, 1.54) is 32.1 Å². The first-order valence-corrected chi connectivity index (χ1v) is 5.77. The summed E-state index contributed by atoms with van der Waals surface area (Å²) in [5, 5.41) is 16.9. The molecule has 0 aliphatic heterocycles. The number of rotatable bonds is 4. The first-order chi connectivity index (χ1) is 7.29. The summed E-state index contributed by atoms with van der Waals surface area (Å²) in [5.41, 5.74) is 0.423. The molecule has 0 spiro atoms. The monoisotopic (exact) mass is 209 g/mol. The molecule has 4 nitrogen and oxygen atoms in total. The van der Waals surface area contributed by atoms with Gasteiger partial charge in [-0.2, -0.15) is 0 Å². The summed E-state index contributed by atoms with van der Waals surface area (Å²) in [5.74, 6) is 0.690. The standard InChI is InChI=1S/C11H19N3O/c1-2-11(5-3-4-6-11)8-14-9-12-13-10(14)7-15/h9,15H,2-8H2,1H3. The average Bonchev–Trinajstić information content (AvgIpc) is 2.88. The Morgan fingerprint density at radius 2 is 2.20 bits per heavy atom. The summed E-state index contributed by atoms with van der Waals surface area (Å²) in [6.07, 6.45) is 8.21. The number of aliphatic hydroxyl groups is 1. The van der Waals surface area contributed by atoms with Crippen molar-refractivity contribution in [3.8, 4) is 0 Å². The molecule has 1 aromatic heterocycles. The maximum atomic E-state index is 9.11. The predicted octanol–water partition coefficient (Wildman–Crippen LogP) is 1.74. The summed E-state index contributed by atoms with van der Waals surface area (Å²) in [4.78, 5) is 0. The van der Waals surface area contributed by atoms with Crippen molar-refractivity contribution in [2.45, 2.75) is 52.2 Å². The lowest BCUT2D eigenvalue weighted by Crippen LogP contribution is -2.23. The second kappa shape index (κ2) is 4.31. The van der Waals surface area contributed by atoms with Crippen molar-refractivity contribution in [3.05, 3.63) is 12.2 Å². The smallest absolute Gasteiger partial charge is 0.158 e. The molecule has 1 aromatic rings. The molecule has 0 saturated heterocycles. The van der Waals surface area contributed by atoms with Gasteiger partial charge in [-0.25, -0.2) is 0 Å². The summed E-state index contributed by atoms with van der Waals surface area (Å²) >= 11 is 0. The number of aliphatic hydroxyl groups excluding tert-OH is 1. The molecule has 1 aliphatic rings. The Morgan fingerprint density at radius 1 is 1.47 bits per heavy atom. The molecule has 0 atom stereocenters. The van der Waals surface area contributed by atoms with E-state index in [0.717, 1.165) is 6.54 Å². The summed E-state index contributed by atoms with van der Waals surface area (Å²) in [6.45, 7) is 3.21. The first kappa shape index (κ1) is 10.6. The van der Waals surface area contributed by atoms with Crippen LogP contribution in [0.3, 0.4) is 0 Å². The van der Waals surface area contributed by atoms with Gasteiger partial charge < -0.3 is 9.67 Å². The summed E-state index contributed by atoms with van der Waals surface area (Å²) in [6, 6.07) is 0. The van der Waals surface area contributed by atoms with Gasteiger partial charge in [0.05, 0.1) is 0 Å². The fourth-order valence-corrected chi connectivity index (χ4v) is 2.64. The third kappa shape index (κ3) is 2.04. The second-order valence-corrected chi connectivity index (χ2v) is 4.59. The van der Waals surface area contributed by atoms with Crippen LogP contribution in [0.25, 0.3) is 0 Å². The Bertz CT molecular complexity index is 315. The lowest BCUT2D eigenvalue weighted by molar-refractivity contribution is 0.217. The molecule has 2 rings (SSSR count).